The summed E-state index contributed by atoms with van der Waals surface area (Å²) in [5.41, 5.74) is 0. The Morgan fingerprint density at radius 2 is 1.91 bits per heavy atom. The molecule has 22 heavy (non-hydrogen) atoms. The van der Waals surface area contributed by atoms with E-state index in [2.05, 4.69) is 5.32 Å². The van der Waals surface area contributed by atoms with Crippen LogP contribution in [0.5, 0.6) is 5.75 Å². The molecule has 0 aromatic heterocycles. The quantitative estimate of drug-likeness (QED) is 0.723. The minimum Gasteiger partial charge on any atom is -0.490 e. The van der Waals surface area contributed by atoms with Crippen LogP contribution in [0.2, 0.25) is 10.0 Å². The van der Waals surface area contributed by atoms with Crippen LogP contribution in [0, 0.1) is 0 Å². The highest BCUT2D eigenvalue weighted by Gasteiger charge is 2.15. The van der Waals surface area contributed by atoms with E-state index in [1.165, 1.54) is 19.3 Å². The number of amides is 1. The van der Waals surface area contributed by atoms with Crippen molar-refractivity contribution < 1.29 is 9.53 Å². The number of nitrogens with one attached hydrogen (secondary N) is 1. The largest absolute Gasteiger partial charge is 0.490 e. The molecule has 2 rings (SSSR count). The van der Waals surface area contributed by atoms with Gasteiger partial charge in [-0.25, -0.2) is 0 Å². The number of para-hydroxylation sites is 1. The van der Waals surface area contributed by atoms with E-state index in [1.807, 2.05) is 0 Å². The van der Waals surface area contributed by atoms with Crippen LogP contribution in [0.15, 0.2) is 18.2 Å². The molecule has 0 aliphatic heterocycles. The lowest BCUT2D eigenvalue weighted by atomic mass is 9.95. The molecule has 1 aliphatic rings. The van der Waals surface area contributed by atoms with Crippen LogP contribution in [-0.2, 0) is 4.79 Å². The molecule has 122 valence electrons. The van der Waals surface area contributed by atoms with Gasteiger partial charge in [-0.2, -0.15) is 0 Å². The summed E-state index contributed by atoms with van der Waals surface area (Å²) in [5.74, 6) is 1.82. The molecule has 1 aromatic carbocycles. The minimum absolute atomic E-state index is 0.118. The Morgan fingerprint density at radius 3 is 2.59 bits per heavy atom. The third-order valence-electron chi connectivity index (χ3n) is 3.60. The summed E-state index contributed by atoms with van der Waals surface area (Å²) in [7, 11) is 0. The van der Waals surface area contributed by atoms with E-state index in [-0.39, 0.29) is 5.91 Å². The second kappa shape index (κ2) is 9.53. The van der Waals surface area contributed by atoms with Crippen molar-refractivity contribution >= 4 is 40.9 Å². The van der Waals surface area contributed by atoms with E-state index < -0.39 is 0 Å². The molecule has 0 heterocycles. The predicted octanol–water partition coefficient (Wildman–Crippen LogP) is 4.55. The van der Waals surface area contributed by atoms with Crippen molar-refractivity contribution in [3.05, 3.63) is 28.2 Å². The maximum Gasteiger partial charge on any atom is 0.230 e. The van der Waals surface area contributed by atoms with Crippen LogP contribution in [0.3, 0.4) is 0 Å². The third-order valence-corrected chi connectivity index (χ3v) is 5.11. The zero-order valence-electron chi connectivity index (χ0n) is 12.4. The molecule has 0 unspecified atom stereocenters. The van der Waals surface area contributed by atoms with E-state index in [0.717, 1.165) is 18.6 Å². The van der Waals surface area contributed by atoms with E-state index in [9.17, 15) is 4.79 Å². The van der Waals surface area contributed by atoms with Crippen LogP contribution >= 0.6 is 35.0 Å². The summed E-state index contributed by atoms with van der Waals surface area (Å²) in [5, 5.41) is 4.12. The Labute approximate surface area is 146 Å². The molecular formula is C16H21Cl2NO2S. The van der Waals surface area contributed by atoms with Gasteiger partial charge < -0.3 is 10.1 Å². The molecular weight excluding hydrogens is 341 g/mol. The normalized spacial score (nSPS) is 15.5. The fourth-order valence-corrected chi connectivity index (χ4v) is 3.63. The van der Waals surface area contributed by atoms with Crippen molar-refractivity contribution in [1.29, 1.82) is 0 Å². The lowest BCUT2D eigenvalue weighted by Crippen LogP contribution is -2.37. The zero-order valence-corrected chi connectivity index (χ0v) is 14.8. The average molecular weight is 362 g/mol. The van der Waals surface area contributed by atoms with Gasteiger partial charge in [-0.1, -0.05) is 48.5 Å². The summed E-state index contributed by atoms with van der Waals surface area (Å²) in [4.78, 5) is 11.8. The van der Waals surface area contributed by atoms with Gasteiger partial charge in [0.2, 0.25) is 5.91 Å². The molecule has 1 saturated carbocycles. The second-order valence-electron chi connectivity index (χ2n) is 5.35. The number of hydrogen-bond donors (Lipinski definition) is 1. The zero-order chi connectivity index (χ0) is 15.8. The van der Waals surface area contributed by atoms with Gasteiger partial charge in [0.25, 0.3) is 0 Å². The molecule has 1 aromatic rings. The average Bonchev–Trinajstić information content (AvgIpc) is 2.50. The van der Waals surface area contributed by atoms with Crippen molar-refractivity contribution in [3.63, 3.8) is 0 Å². The smallest absolute Gasteiger partial charge is 0.230 e. The highest BCUT2D eigenvalue weighted by molar-refractivity contribution is 7.99. The van der Waals surface area contributed by atoms with Crippen molar-refractivity contribution in [2.45, 2.75) is 38.1 Å². The van der Waals surface area contributed by atoms with Gasteiger partial charge in [0, 0.05) is 11.8 Å². The Kier molecular flexibility index (Phi) is 7.70. The molecule has 0 saturated heterocycles. The molecule has 3 nitrogen and oxygen atoms in total. The van der Waals surface area contributed by atoms with Gasteiger partial charge in [0.05, 0.1) is 22.4 Å². The highest BCUT2D eigenvalue weighted by Crippen LogP contribution is 2.32. The summed E-state index contributed by atoms with van der Waals surface area (Å²) < 4.78 is 5.58. The number of ether oxygens (including phenoxy) is 1. The maximum atomic E-state index is 11.8. The van der Waals surface area contributed by atoms with Crippen LogP contribution in [0.4, 0.5) is 0 Å². The van der Waals surface area contributed by atoms with Crippen LogP contribution < -0.4 is 10.1 Å². The van der Waals surface area contributed by atoms with E-state index in [4.69, 9.17) is 27.9 Å². The van der Waals surface area contributed by atoms with Gasteiger partial charge in [0.1, 0.15) is 0 Å². The molecule has 6 heteroatoms. The number of benzene rings is 1. The van der Waals surface area contributed by atoms with Crippen LogP contribution in [0.1, 0.15) is 32.1 Å². The molecule has 0 bridgehead atoms. The molecule has 0 spiro atoms. The molecule has 1 N–H and O–H groups in total. The SMILES string of the molecule is O=C(CSCCOc1c(Cl)cccc1Cl)NC1CCCCC1. The standard InChI is InChI=1S/C16H21Cl2NO2S/c17-13-7-4-8-14(18)16(13)21-9-10-22-11-15(20)19-12-5-2-1-3-6-12/h4,7-8,12H,1-3,5-6,9-11H2,(H,19,20). The van der Waals surface area contributed by atoms with Crippen LogP contribution in [0.25, 0.3) is 0 Å². The van der Waals surface area contributed by atoms with Gasteiger partial charge in [0.15, 0.2) is 5.75 Å². The Morgan fingerprint density at radius 1 is 1.23 bits per heavy atom. The summed E-state index contributed by atoms with van der Waals surface area (Å²) in [6.07, 6.45) is 5.98. The van der Waals surface area contributed by atoms with Crippen LogP contribution in [-0.4, -0.2) is 30.1 Å². The maximum absolute atomic E-state index is 11.8. The second-order valence-corrected chi connectivity index (χ2v) is 7.27. The lowest BCUT2D eigenvalue weighted by molar-refractivity contribution is -0.119. The number of carbonyl (C=O) groups is 1. The number of thioether (sulfide) groups is 1. The third kappa shape index (κ3) is 5.90. The van der Waals surface area contributed by atoms with Crippen molar-refractivity contribution in [2.75, 3.05) is 18.1 Å². The monoisotopic (exact) mass is 361 g/mol. The number of rotatable bonds is 7. The topological polar surface area (TPSA) is 38.3 Å². The Bertz CT molecular complexity index is 473. The van der Waals surface area contributed by atoms with Gasteiger partial charge in [-0.05, 0) is 25.0 Å². The number of hydrogen-bond acceptors (Lipinski definition) is 3. The van der Waals surface area contributed by atoms with E-state index in [0.29, 0.717) is 34.2 Å². The molecule has 0 radical (unpaired) electrons. The fraction of sp³-hybridized carbons (Fsp3) is 0.562. The van der Waals surface area contributed by atoms with E-state index >= 15 is 0 Å². The van der Waals surface area contributed by atoms with E-state index in [1.54, 1.807) is 30.0 Å². The molecule has 1 aliphatic carbocycles. The Balaban J connectivity index is 1.59. The molecule has 1 amide bonds. The minimum atomic E-state index is 0.118. The summed E-state index contributed by atoms with van der Waals surface area (Å²) >= 11 is 13.6. The first-order chi connectivity index (χ1) is 10.7. The van der Waals surface area contributed by atoms with Gasteiger partial charge >= 0.3 is 0 Å². The first-order valence-electron chi connectivity index (χ1n) is 7.60. The lowest BCUT2D eigenvalue weighted by Gasteiger charge is -2.22. The van der Waals surface area contributed by atoms with Crippen molar-refractivity contribution in [3.8, 4) is 5.75 Å². The van der Waals surface area contributed by atoms with Crippen molar-refractivity contribution in [1.82, 2.24) is 5.32 Å². The van der Waals surface area contributed by atoms with Crippen molar-refractivity contribution in [2.24, 2.45) is 0 Å². The molecule has 1 fully saturated rings. The first-order valence-corrected chi connectivity index (χ1v) is 9.52. The first kappa shape index (κ1) is 17.8. The molecule has 0 atom stereocenters. The predicted molar refractivity (Wildman–Crippen MR) is 94.3 cm³/mol. The Hall–Kier alpha value is -0.580. The van der Waals surface area contributed by atoms with Gasteiger partial charge in [-0.15, -0.1) is 11.8 Å². The fourth-order valence-electron chi connectivity index (χ4n) is 2.50. The van der Waals surface area contributed by atoms with Gasteiger partial charge in [-0.3, -0.25) is 4.79 Å². The highest BCUT2D eigenvalue weighted by atomic mass is 35.5. The number of halogens is 2. The summed E-state index contributed by atoms with van der Waals surface area (Å²) in [6, 6.07) is 5.64. The number of carbonyl (C=O) groups excluding carboxylic acids is 1. The summed E-state index contributed by atoms with van der Waals surface area (Å²) in [6.45, 7) is 0.477.